The normalized spacial score (nSPS) is 13.6. The summed E-state index contributed by atoms with van der Waals surface area (Å²) in [7, 11) is 0. The molecule has 0 saturated heterocycles. The van der Waals surface area contributed by atoms with Crippen molar-refractivity contribution in [3.05, 3.63) is 111 Å². The zero-order valence-electron chi connectivity index (χ0n) is 20.3. The fraction of sp³-hybridized carbons (Fsp3) is 0.214. The number of pyridine rings is 1. The number of fused-ring (bicyclic) bond motifs is 2. The van der Waals surface area contributed by atoms with Gasteiger partial charge in [-0.25, -0.2) is 9.07 Å². The fourth-order valence-corrected chi connectivity index (χ4v) is 5.02. The Hall–Kier alpha value is -4.53. The van der Waals surface area contributed by atoms with Gasteiger partial charge >= 0.3 is 0 Å². The van der Waals surface area contributed by atoms with Crippen molar-refractivity contribution >= 4 is 16.6 Å². The predicted octanol–water partition coefficient (Wildman–Crippen LogP) is 4.25. The molecule has 5 aromatic rings. The van der Waals surface area contributed by atoms with E-state index in [1.807, 2.05) is 43.3 Å². The third-order valence-corrected chi connectivity index (χ3v) is 6.73. The Balaban J connectivity index is 1.50. The Labute approximate surface area is 212 Å². The van der Waals surface area contributed by atoms with E-state index in [2.05, 4.69) is 37.5 Å². The topological polar surface area (TPSA) is 88.9 Å². The lowest BCUT2D eigenvalue weighted by Gasteiger charge is -2.29. The molecule has 37 heavy (non-hydrogen) atoms. The van der Waals surface area contributed by atoms with Crippen LogP contribution in [0.5, 0.6) is 5.75 Å². The summed E-state index contributed by atoms with van der Waals surface area (Å²) in [5.41, 5.74) is 4.16. The summed E-state index contributed by atoms with van der Waals surface area (Å²) < 4.78 is 20.9. The molecule has 0 radical (unpaired) electrons. The number of ether oxygens (including phenoxy) is 1. The molecule has 1 aliphatic heterocycles. The molecule has 3 heterocycles. The number of rotatable bonds is 7. The molecule has 1 atom stereocenters. The Kier molecular flexibility index (Phi) is 5.88. The smallest absolute Gasteiger partial charge is 0.254 e. The number of halogens is 1. The zero-order valence-corrected chi connectivity index (χ0v) is 20.3. The Morgan fingerprint density at radius 2 is 1.92 bits per heavy atom. The van der Waals surface area contributed by atoms with E-state index in [0.29, 0.717) is 31.1 Å². The second-order valence-electron chi connectivity index (χ2n) is 9.03. The van der Waals surface area contributed by atoms with E-state index in [4.69, 9.17) is 4.74 Å². The lowest BCUT2D eigenvalue weighted by atomic mass is 10.0. The largest absolute Gasteiger partial charge is 0.494 e. The summed E-state index contributed by atoms with van der Waals surface area (Å²) >= 11 is 0. The molecule has 0 amide bonds. The van der Waals surface area contributed by atoms with Crippen molar-refractivity contribution < 1.29 is 9.13 Å². The molecule has 9 heteroatoms. The highest BCUT2D eigenvalue weighted by Gasteiger charge is 2.34. The SMILES string of the molecule is CCOc1ccc2[nH]c(=O)c([C@@H](c3nnnn3Cc3ccc(F)cc3)N3CCc4ccccc43)cc2c1. The summed E-state index contributed by atoms with van der Waals surface area (Å²) in [6.07, 6.45) is 0.853. The molecule has 0 spiro atoms. The standard InChI is InChI=1S/C28H25FN6O2/c1-2-37-22-11-12-24-20(15-22)16-23(28(36)30-24)26(34-14-13-19-5-3-4-6-25(19)34)27-31-32-33-35(27)17-18-7-9-21(29)10-8-18/h3-12,15-16,26H,2,13-14,17H2,1H3,(H,30,36)/t26-/m0/s1. The van der Waals surface area contributed by atoms with Gasteiger partial charge in [-0.2, -0.15) is 0 Å². The molecule has 0 unspecified atom stereocenters. The van der Waals surface area contributed by atoms with Gasteiger partial charge in [-0.05, 0) is 77.4 Å². The monoisotopic (exact) mass is 496 g/mol. The average Bonchev–Trinajstić information content (AvgIpc) is 3.54. The first-order valence-electron chi connectivity index (χ1n) is 12.3. The van der Waals surface area contributed by atoms with Crippen LogP contribution in [0.3, 0.4) is 0 Å². The molecular formula is C28H25FN6O2. The fourth-order valence-electron chi connectivity index (χ4n) is 5.02. The van der Waals surface area contributed by atoms with Crippen LogP contribution in [-0.4, -0.2) is 38.3 Å². The molecule has 8 nitrogen and oxygen atoms in total. The van der Waals surface area contributed by atoms with E-state index in [0.717, 1.165) is 34.3 Å². The molecule has 1 aliphatic rings. The summed E-state index contributed by atoms with van der Waals surface area (Å²) in [5, 5.41) is 13.5. The van der Waals surface area contributed by atoms with E-state index >= 15 is 0 Å². The summed E-state index contributed by atoms with van der Waals surface area (Å²) in [6, 6.07) is 21.4. The van der Waals surface area contributed by atoms with Crippen LogP contribution >= 0.6 is 0 Å². The second-order valence-corrected chi connectivity index (χ2v) is 9.03. The third kappa shape index (κ3) is 4.33. The summed E-state index contributed by atoms with van der Waals surface area (Å²) in [6.45, 7) is 3.54. The van der Waals surface area contributed by atoms with E-state index < -0.39 is 6.04 Å². The van der Waals surface area contributed by atoms with Gasteiger partial charge in [0.2, 0.25) is 0 Å². The first kappa shape index (κ1) is 22.9. The number of benzene rings is 3. The number of hydrogen-bond acceptors (Lipinski definition) is 6. The molecular weight excluding hydrogens is 471 g/mol. The van der Waals surface area contributed by atoms with Crippen molar-refractivity contribution in [2.24, 2.45) is 0 Å². The third-order valence-electron chi connectivity index (χ3n) is 6.73. The number of nitrogens with zero attached hydrogens (tertiary/aromatic N) is 5. The minimum atomic E-state index is -0.539. The number of hydrogen-bond donors (Lipinski definition) is 1. The van der Waals surface area contributed by atoms with Crippen LogP contribution in [-0.2, 0) is 13.0 Å². The highest BCUT2D eigenvalue weighted by Crippen LogP contribution is 2.37. The second kappa shape index (κ2) is 9.50. The maximum Gasteiger partial charge on any atom is 0.254 e. The van der Waals surface area contributed by atoms with Crippen LogP contribution in [0.2, 0.25) is 0 Å². The zero-order chi connectivity index (χ0) is 25.4. The van der Waals surface area contributed by atoms with Crippen LogP contribution < -0.4 is 15.2 Å². The van der Waals surface area contributed by atoms with Gasteiger partial charge in [-0.15, -0.1) is 5.10 Å². The number of tetrazole rings is 1. The highest BCUT2D eigenvalue weighted by molar-refractivity contribution is 5.81. The molecule has 186 valence electrons. The van der Waals surface area contributed by atoms with Gasteiger partial charge in [0, 0.05) is 28.7 Å². The number of H-pyrrole nitrogens is 1. The van der Waals surface area contributed by atoms with Crippen molar-refractivity contribution in [1.29, 1.82) is 0 Å². The van der Waals surface area contributed by atoms with Gasteiger partial charge in [0.1, 0.15) is 17.6 Å². The Morgan fingerprint density at radius 1 is 1.08 bits per heavy atom. The van der Waals surface area contributed by atoms with Crippen molar-refractivity contribution in [3.8, 4) is 5.75 Å². The molecule has 0 saturated carbocycles. The van der Waals surface area contributed by atoms with Crippen LogP contribution in [0.1, 0.15) is 35.5 Å². The Morgan fingerprint density at radius 3 is 2.76 bits per heavy atom. The number of para-hydroxylation sites is 1. The molecule has 3 aromatic carbocycles. The molecule has 2 aromatic heterocycles. The first-order chi connectivity index (χ1) is 18.1. The van der Waals surface area contributed by atoms with Crippen LogP contribution in [0.15, 0.2) is 77.6 Å². The van der Waals surface area contributed by atoms with Crippen molar-refractivity contribution in [2.75, 3.05) is 18.1 Å². The maximum atomic E-state index is 13.5. The van der Waals surface area contributed by atoms with E-state index in [-0.39, 0.29) is 11.4 Å². The molecule has 0 fully saturated rings. The Bertz CT molecular complexity index is 1630. The van der Waals surface area contributed by atoms with Gasteiger partial charge < -0.3 is 14.6 Å². The molecule has 6 rings (SSSR count). The van der Waals surface area contributed by atoms with Crippen molar-refractivity contribution in [2.45, 2.75) is 25.9 Å². The number of nitrogens with one attached hydrogen (secondary N) is 1. The van der Waals surface area contributed by atoms with Crippen molar-refractivity contribution in [3.63, 3.8) is 0 Å². The van der Waals surface area contributed by atoms with Gasteiger partial charge in [-0.1, -0.05) is 30.3 Å². The van der Waals surface area contributed by atoms with Gasteiger partial charge in [0.25, 0.3) is 5.56 Å². The maximum absolute atomic E-state index is 13.5. The van der Waals surface area contributed by atoms with Gasteiger partial charge in [-0.3, -0.25) is 4.79 Å². The lowest BCUT2D eigenvalue weighted by Crippen LogP contribution is -2.34. The van der Waals surface area contributed by atoms with E-state index in [1.165, 1.54) is 17.7 Å². The van der Waals surface area contributed by atoms with E-state index in [1.54, 1.807) is 16.8 Å². The predicted molar refractivity (Wildman–Crippen MR) is 138 cm³/mol. The lowest BCUT2D eigenvalue weighted by molar-refractivity contribution is 0.340. The number of aromatic nitrogens is 5. The molecule has 0 bridgehead atoms. The van der Waals surface area contributed by atoms with Gasteiger partial charge in [0.15, 0.2) is 5.82 Å². The first-order valence-corrected chi connectivity index (χ1v) is 12.3. The summed E-state index contributed by atoms with van der Waals surface area (Å²) in [4.78, 5) is 18.7. The highest BCUT2D eigenvalue weighted by atomic mass is 19.1. The quantitative estimate of drug-likeness (QED) is 0.362. The molecule has 1 N–H and O–H groups in total. The molecule has 0 aliphatic carbocycles. The van der Waals surface area contributed by atoms with Crippen LogP contribution in [0, 0.1) is 5.82 Å². The minimum Gasteiger partial charge on any atom is -0.494 e. The minimum absolute atomic E-state index is 0.206. The van der Waals surface area contributed by atoms with Crippen LogP contribution in [0.4, 0.5) is 10.1 Å². The van der Waals surface area contributed by atoms with Gasteiger partial charge in [0.05, 0.1) is 13.2 Å². The number of anilines is 1. The van der Waals surface area contributed by atoms with E-state index in [9.17, 15) is 9.18 Å². The number of aromatic amines is 1. The van der Waals surface area contributed by atoms with Crippen LogP contribution in [0.25, 0.3) is 10.9 Å². The van der Waals surface area contributed by atoms with Crippen molar-refractivity contribution in [1.82, 2.24) is 25.2 Å². The average molecular weight is 497 g/mol. The summed E-state index contributed by atoms with van der Waals surface area (Å²) in [5.74, 6) is 0.963.